The molecule has 2 rings (SSSR count). The number of nitrogens with one attached hydrogen (secondary N) is 2. The van der Waals surface area contributed by atoms with Gasteiger partial charge >= 0.3 is 4.87 Å². The summed E-state index contributed by atoms with van der Waals surface area (Å²) in [7, 11) is 0. The lowest BCUT2D eigenvalue weighted by molar-refractivity contribution is 0.676. The summed E-state index contributed by atoms with van der Waals surface area (Å²) < 4.78 is 0. The summed E-state index contributed by atoms with van der Waals surface area (Å²) in [5.41, 5.74) is 6.24. The quantitative estimate of drug-likeness (QED) is 0.889. The van der Waals surface area contributed by atoms with Crippen molar-refractivity contribution in [3.8, 4) is 0 Å². The molecule has 0 atom stereocenters. The highest BCUT2D eigenvalue weighted by Crippen LogP contribution is 2.16. The predicted octanol–water partition coefficient (Wildman–Crippen LogP) is 2.65. The zero-order valence-corrected chi connectivity index (χ0v) is 11.8. The van der Waals surface area contributed by atoms with Gasteiger partial charge in [0, 0.05) is 24.2 Å². The van der Waals surface area contributed by atoms with Crippen molar-refractivity contribution in [2.45, 2.75) is 33.9 Å². The lowest BCUT2D eigenvalue weighted by Crippen LogP contribution is -2.15. The molecule has 0 bridgehead atoms. The summed E-state index contributed by atoms with van der Waals surface area (Å²) in [4.78, 5) is 13.8. The maximum Gasteiger partial charge on any atom is 0.304 e. The summed E-state index contributed by atoms with van der Waals surface area (Å²) in [6, 6.07) is 4.41. The van der Waals surface area contributed by atoms with Crippen LogP contribution in [0.1, 0.15) is 27.9 Å². The summed E-state index contributed by atoms with van der Waals surface area (Å²) in [5, 5.41) is 5.23. The Hall–Kier alpha value is -1.39. The number of thiazole rings is 1. The van der Waals surface area contributed by atoms with Gasteiger partial charge in [-0.1, -0.05) is 29.0 Å². The van der Waals surface area contributed by atoms with E-state index in [0.717, 1.165) is 12.2 Å². The molecule has 0 amide bonds. The maximum absolute atomic E-state index is 11.0. The van der Waals surface area contributed by atoms with E-state index in [1.165, 1.54) is 33.6 Å². The normalized spacial score (nSPS) is 10.8. The van der Waals surface area contributed by atoms with E-state index in [-0.39, 0.29) is 4.87 Å². The number of H-pyrrole nitrogens is 1. The third-order valence-corrected chi connectivity index (χ3v) is 3.75. The van der Waals surface area contributed by atoms with Crippen molar-refractivity contribution in [1.29, 1.82) is 0 Å². The van der Waals surface area contributed by atoms with Crippen LogP contribution in [0.25, 0.3) is 0 Å². The Kier molecular flexibility index (Phi) is 3.99. The third-order valence-electron chi connectivity index (χ3n) is 3.03. The van der Waals surface area contributed by atoms with Crippen LogP contribution in [0.4, 0.5) is 0 Å². The van der Waals surface area contributed by atoms with E-state index in [1.54, 1.807) is 0 Å². The molecule has 1 heterocycles. The van der Waals surface area contributed by atoms with Crippen molar-refractivity contribution in [2.75, 3.05) is 0 Å². The summed E-state index contributed by atoms with van der Waals surface area (Å²) in [6.45, 7) is 7.93. The molecule has 0 radical (unpaired) electrons. The van der Waals surface area contributed by atoms with Crippen LogP contribution in [-0.2, 0) is 13.1 Å². The van der Waals surface area contributed by atoms with Gasteiger partial charge in [-0.15, -0.1) is 0 Å². The van der Waals surface area contributed by atoms with Gasteiger partial charge in [0.2, 0.25) is 0 Å². The van der Waals surface area contributed by atoms with Crippen molar-refractivity contribution in [3.63, 3.8) is 0 Å². The molecule has 0 saturated carbocycles. The van der Waals surface area contributed by atoms with Crippen molar-refractivity contribution in [2.24, 2.45) is 0 Å². The fraction of sp³-hybridized carbons (Fsp3) is 0.357. The zero-order chi connectivity index (χ0) is 13.1. The van der Waals surface area contributed by atoms with Gasteiger partial charge in [0.25, 0.3) is 0 Å². The Morgan fingerprint density at radius 2 is 1.83 bits per heavy atom. The molecule has 0 aliphatic carbocycles. The molecular weight excluding hydrogens is 244 g/mol. The van der Waals surface area contributed by atoms with Crippen molar-refractivity contribution in [3.05, 3.63) is 55.1 Å². The highest BCUT2D eigenvalue weighted by atomic mass is 32.1. The van der Waals surface area contributed by atoms with Gasteiger partial charge in [-0.3, -0.25) is 4.79 Å². The van der Waals surface area contributed by atoms with Gasteiger partial charge in [-0.2, -0.15) is 0 Å². The Labute approximate surface area is 111 Å². The molecule has 1 aromatic carbocycles. The summed E-state index contributed by atoms with van der Waals surface area (Å²) in [6.07, 6.45) is 0. The average Bonchev–Trinajstić information content (AvgIpc) is 2.68. The number of aromatic nitrogens is 1. The standard InChI is InChI=1S/C14H18N2OS/c1-9-4-10(2)13(11(3)5-9)7-15-6-12-8-18-14(17)16-12/h4-5,8,15H,6-7H2,1-3H3,(H,16,17). The van der Waals surface area contributed by atoms with Crippen LogP contribution >= 0.6 is 11.3 Å². The molecule has 2 N–H and O–H groups in total. The van der Waals surface area contributed by atoms with E-state index in [4.69, 9.17) is 0 Å². The van der Waals surface area contributed by atoms with E-state index in [2.05, 4.69) is 43.2 Å². The number of aryl methyl sites for hydroxylation is 3. The summed E-state index contributed by atoms with van der Waals surface area (Å²) in [5.74, 6) is 0. The molecule has 3 nitrogen and oxygen atoms in total. The molecule has 0 aliphatic heterocycles. The fourth-order valence-corrected chi connectivity index (χ4v) is 2.79. The Morgan fingerprint density at radius 3 is 2.39 bits per heavy atom. The molecule has 1 aromatic heterocycles. The van der Waals surface area contributed by atoms with Gasteiger partial charge in [0.05, 0.1) is 0 Å². The molecule has 0 fully saturated rings. The van der Waals surface area contributed by atoms with Gasteiger partial charge < -0.3 is 10.3 Å². The van der Waals surface area contributed by atoms with Crippen LogP contribution in [0.5, 0.6) is 0 Å². The first-order valence-electron chi connectivity index (χ1n) is 6.00. The molecule has 0 aliphatic rings. The van der Waals surface area contributed by atoms with Crippen LogP contribution in [0.15, 0.2) is 22.3 Å². The molecule has 2 aromatic rings. The lowest BCUT2D eigenvalue weighted by Gasteiger charge is -2.12. The number of aromatic amines is 1. The first-order chi connectivity index (χ1) is 8.56. The number of benzene rings is 1. The van der Waals surface area contributed by atoms with Crippen LogP contribution in [0.2, 0.25) is 0 Å². The average molecular weight is 262 g/mol. The monoisotopic (exact) mass is 262 g/mol. The fourth-order valence-electron chi connectivity index (χ4n) is 2.21. The Morgan fingerprint density at radius 1 is 1.17 bits per heavy atom. The number of hydrogen-bond donors (Lipinski definition) is 2. The lowest BCUT2D eigenvalue weighted by atomic mass is 10.00. The van der Waals surface area contributed by atoms with Gasteiger partial charge in [-0.05, 0) is 37.5 Å². The molecule has 0 unspecified atom stereocenters. The van der Waals surface area contributed by atoms with Crippen LogP contribution in [0.3, 0.4) is 0 Å². The molecule has 4 heteroatoms. The second-order valence-electron chi connectivity index (χ2n) is 4.65. The van der Waals surface area contributed by atoms with Crippen LogP contribution in [0, 0.1) is 20.8 Å². The largest absolute Gasteiger partial charge is 0.315 e. The SMILES string of the molecule is Cc1cc(C)c(CNCc2csc(=O)[nH]2)c(C)c1. The highest BCUT2D eigenvalue weighted by Gasteiger charge is 2.04. The van der Waals surface area contributed by atoms with Gasteiger partial charge in [-0.25, -0.2) is 0 Å². The van der Waals surface area contributed by atoms with Gasteiger partial charge in [0.15, 0.2) is 0 Å². The maximum atomic E-state index is 11.0. The second-order valence-corrected chi connectivity index (χ2v) is 5.50. The first kappa shape index (κ1) is 13.1. The van der Waals surface area contributed by atoms with Crippen LogP contribution < -0.4 is 10.2 Å². The van der Waals surface area contributed by atoms with E-state index in [9.17, 15) is 4.79 Å². The molecular formula is C14H18N2OS. The zero-order valence-electron chi connectivity index (χ0n) is 11.0. The van der Waals surface area contributed by atoms with Gasteiger partial charge in [0.1, 0.15) is 0 Å². The first-order valence-corrected chi connectivity index (χ1v) is 6.88. The Balaban J connectivity index is 2.00. The minimum absolute atomic E-state index is 0.00879. The summed E-state index contributed by atoms with van der Waals surface area (Å²) >= 11 is 1.21. The third kappa shape index (κ3) is 3.09. The van der Waals surface area contributed by atoms with E-state index >= 15 is 0 Å². The highest BCUT2D eigenvalue weighted by molar-refractivity contribution is 7.07. The minimum atomic E-state index is 0.00879. The number of hydrogen-bond acceptors (Lipinski definition) is 3. The van der Waals surface area contributed by atoms with Crippen molar-refractivity contribution >= 4 is 11.3 Å². The van der Waals surface area contributed by atoms with E-state index in [1.807, 2.05) is 5.38 Å². The topological polar surface area (TPSA) is 44.9 Å². The number of rotatable bonds is 4. The van der Waals surface area contributed by atoms with E-state index < -0.39 is 0 Å². The molecule has 0 spiro atoms. The molecule has 96 valence electrons. The minimum Gasteiger partial charge on any atom is -0.315 e. The van der Waals surface area contributed by atoms with E-state index in [0.29, 0.717) is 6.54 Å². The van der Waals surface area contributed by atoms with Crippen LogP contribution in [-0.4, -0.2) is 4.98 Å². The Bertz CT molecular complexity index is 575. The predicted molar refractivity (Wildman–Crippen MR) is 76.1 cm³/mol. The molecule has 0 saturated heterocycles. The smallest absolute Gasteiger partial charge is 0.304 e. The second kappa shape index (κ2) is 5.50. The van der Waals surface area contributed by atoms with Crippen molar-refractivity contribution in [1.82, 2.24) is 10.3 Å². The van der Waals surface area contributed by atoms with Crippen molar-refractivity contribution < 1.29 is 0 Å². The molecule has 18 heavy (non-hydrogen) atoms.